The van der Waals surface area contributed by atoms with E-state index in [2.05, 4.69) is 35.1 Å². The van der Waals surface area contributed by atoms with Crippen LogP contribution in [0.4, 0.5) is 5.82 Å². The van der Waals surface area contributed by atoms with Crippen LogP contribution in [0.25, 0.3) is 0 Å². The maximum absolute atomic E-state index is 9.90. The zero-order valence-corrected chi connectivity index (χ0v) is 12.6. The molecule has 1 aromatic heterocycles. The van der Waals surface area contributed by atoms with Crippen LogP contribution in [0.2, 0.25) is 0 Å². The lowest BCUT2D eigenvalue weighted by Gasteiger charge is -2.33. The van der Waals surface area contributed by atoms with Crippen LogP contribution >= 0.6 is 0 Å². The number of aliphatic hydroxyl groups is 1. The Morgan fingerprint density at radius 1 is 1.35 bits per heavy atom. The molecule has 1 saturated heterocycles. The molecule has 0 aliphatic carbocycles. The van der Waals surface area contributed by atoms with Gasteiger partial charge in [-0.2, -0.15) is 0 Å². The maximum Gasteiger partial charge on any atom is 0.128 e. The Labute approximate surface area is 122 Å². The van der Waals surface area contributed by atoms with Gasteiger partial charge in [0, 0.05) is 31.9 Å². The van der Waals surface area contributed by atoms with Crippen molar-refractivity contribution in [3.8, 4) is 0 Å². The average Bonchev–Trinajstić information content (AvgIpc) is 2.46. The molecule has 0 spiro atoms. The predicted molar refractivity (Wildman–Crippen MR) is 82.9 cm³/mol. The van der Waals surface area contributed by atoms with Gasteiger partial charge in [-0.25, -0.2) is 4.98 Å². The van der Waals surface area contributed by atoms with Gasteiger partial charge in [-0.1, -0.05) is 19.9 Å². The molecule has 20 heavy (non-hydrogen) atoms. The molecule has 2 heterocycles. The van der Waals surface area contributed by atoms with Gasteiger partial charge in [0.25, 0.3) is 0 Å². The Bertz CT molecular complexity index is 375. The molecule has 0 bridgehead atoms. The van der Waals surface area contributed by atoms with Gasteiger partial charge in [-0.15, -0.1) is 0 Å². The van der Waals surface area contributed by atoms with Crippen molar-refractivity contribution in [3.63, 3.8) is 0 Å². The first kappa shape index (κ1) is 15.3. The van der Waals surface area contributed by atoms with E-state index >= 15 is 0 Å². The number of hydrogen-bond donors (Lipinski definition) is 2. The fourth-order valence-electron chi connectivity index (χ4n) is 2.78. The number of pyridine rings is 1. The summed E-state index contributed by atoms with van der Waals surface area (Å²) in [6, 6.07) is 6.58. The minimum atomic E-state index is -0.219. The molecular formula is C16H27N3O. The van der Waals surface area contributed by atoms with E-state index in [1.807, 2.05) is 18.3 Å². The Kier molecular flexibility index (Phi) is 5.80. The minimum Gasteiger partial charge on any atom is -0.392 e. The summed E-state index contributed by atoms with van der Waals surface area (Å²) in [4.78, 5) is 6.74. The van der Waals surface area contributed by atoms with E-state index < -0.39 is 0 Å². The van der Waals surface area contributed by atoms with Crippen molar-refractivity contribution in [2.45, 2.75) is 45.3 Å². The SMILES string of the molecule is CC(C)CC(O)CNC1CCN(c2ccccn2)CC1. The van der Waals surface area contributed by atoms with Gasteiger partial charge in [0.1, 0.15) is 5.82 Å². The molecule has 1 fully saturated rings. The normalized spacial score (nSPS) is 18.5. The van der Waals surface area contributed by atoms with Gasteiger partial charge in [-0.3, -0.25) is 0 Å². The molecule has 1 aliphatic heterocycles. The maximum atomic E-state index is 9.90. The molecule has 0 radical (unpaired) electrons. The highest BCUT2D eigenvalue weighted by molar-refractivity contribution is 5.38. The second-order valence-corrected chi connectivity index (χ2v) is 6.14. The van der Waals surface area contributed by atoms with E-state index in [4.69, 9.17) is 0 Å². The smallest absolute Gasteiger partial charge is 0.128 e. The van der Waals surface area contributed by atoms with E-state index in [1.165, 1.54) is 0 Å². The molecule has 4 nitrogen and oxygen atoms in total. The first-order chi connectivity index (χ1) is 9.65. The summed E-state index contributed by atoms with van der Waals surface area (Å²) in [5.41, 5.74) is 0. The van der Waals surface area contributed by atoms with E-state index in [9.17, 15) is 5.11 Å². The zero-order valence-electron chi connectivity index (χ0n) is 12.6. The molecule has 0 aromatic carbocycles. The highest BCUT2D eigenvalue weighted by atomic mass is 16.3. The second-order valence-electron chi connectivity index (χ2n) is 6.14. The lowest BCUT2D eigenvalue weighted by atomic mass is 10.0. The van der Waals surface area contributed by atoms with Gasteiger partial charge in [-0.05, 0) is 37.3 Å². The number of rotatable bonds is 6. The van der Waals surface area contributed by atoms with Crippen LogP contribution in [0.1, 0.15) is 33.1 Å². The molecule has 4 heteroatoms. The van der Waals surface area contributed by atoms with E-state index in [0.29, 0.717) is 18.5 Å². The van der Waals surface area contributed by atoms with Crippen LogP contribution in [-0.2, 0) is 0 Å². The van der Waals surface area contributed by atoms with Gasteiger partial charge < -0.3 is 15.3 Å². The van der Waals surface area contributed by atoms with Crippen molar-refractivity contribution in [1.82, 2.24) is 10.3 Å². The lowest BCUT2D eigenvalue weighted by Crippen LogP contribution is -2.45. The Morgan fingerprint density at radius 2 is 2.10 bits per heavy atom. The van der Waals surface area contributed by atoms with Crippen LogP contribution in [-0.4, -0.2) is 41.9 Å². The monoisotopic (exact) mass is 277 g/mol. The van der Waals surface area contributed by atoms with Crippen molar-refractivity contribution in [3.05, 3.63) is 24.4 Å². The summed E-state index contributed by atoms with van der Waals surface area (Å²) in [5, 5.41) is 13.4. The molecule has 112 valence electrons. The highest BCUT2D eigenvalue weighted by Crippen LogP contribution is 2.17. The first-order valence-electron chi connectivity index (χ1n) is 7.72. The average molecular weight is 277 g/mol. The Balaban J connectivity index is 1.69. The largest absolute Gasteiger partial charge is 0.392 e. The third-order valence-corrected chi connectivity index (χ3v) is 3.85. The fraction of sp³-hybridized carbons (Fsp3) is 0.688. The number of nitrogens with one attached hydrogen (secondary N) is 1. The number of piperidine rings is 1. The summed E-state index contributed by atoms with van der Waals surface area (Å²) >= 11 is 0. The zero-order chi connectivity index (χ0) is 14.4. The summed E-state index contributed by atoms with van der Waals surface area (Å²) < 4.78 is 0. The summed E-state index contributed by atoms with van der Waals surface area (Å²) in [5.74, 6) is 1.63. The van der Waals surface area contributed by atoms with Crippen molar-refractivity contribution in [2.75, 3.05) is 24.5 Å². The first-order valence-corrected chi connectivity index (χ1v) is 7.72. The van der Waals surface area contributed by atoms with E-state index in [1.54, 1.807) is 0 Å². The fourth-order valence-corrected chi connectivity index (χ4v) is 2.78. The third kappa shape index (κ3) is 4.76. The molecule has 0 amide bonds. The molecular weight excluding hydrogens is 250 g/mol. The molecule has 0 saturated carbocycles. The van der Waals surface area contributed by atoms with Gasteiger partial charge in [0.15, 0.2) is 0 Å². The molecule has 1 aromatic rings. The van der Waals surface area contributed by atoms with Crippen molar-refractivity contribution in [2.24, 2.45) is 5.92 Å². The predicted octanol–water partition coefficient (Wildman–Crippen LogP) is 2.05. The molecule has 2 rings (SSSR count). The number of aliphatic hydroxyl groups excluding tert-OH is 1. The molecule has 1 aliphatic rings. The van der Waals surface area contributed by atoms with E-state index in [-0.39, 0.29) is 6.10 Å². The van der Waals surface area contributed by atoms with Gasteiger partial charge in [0.2, 0.25) is 0 Å². The number of nitrogens with zero attached hydrogens (tertiary/aromatic N) is 2. The molecule has 1 atom stereocenters. The van der Waals surface area contributed by atoms with Crippen LogP contribution in [0, 0.1) is 5.92 Å². The van der Waals surface area contributed by atoms with Gasteiger partial charge >= 0.3 is 0 Å². The second kappa shape index (κ2) is 7.60. The Morgan fingerprint density at radius 3 is 2.70 bits per heavy atom. The summed E-state index contributed by atoms with van der Waals surface area (Å²) in [7, 11) is 0. The number of anilines is 1. The van der Waals surface area contributed by atoms with Gasteiger partial charge in [0.05, 0.1) is 6.10 Å². The van der Waals surface area contributed by atoms with Crippen LogP contribution in [0.5, 0.6) is 0 Å². The Hall–Kier alpha value is -1.13. The minimum absolute atomic E-state index is 0.219. The van der Waals surface area contributed by atoms with Crippen LogP contribution < -0.4 is 10.2 Å². The van der Waals surface area contributed by atoms with Crippen molar-refractivity contribution in [1.29, 1.82) is 0 Å². The van der Waals surface area contributed by atoms with Crippen LogP contribution in [0.15, 0.2) is 24.4 Å². The quantitative estimate of drug-likeness (QED) is 0.835. The van der Waals surface area contributed by atoms with Crippen molar-refractivity contribution < 1.29 is 5.11 Å². The molecule has 1 unspecified atom stereocenters. The lowest BCUT2D eigenvalue weighted by molar-refractivity contribution is 0.140. The molecule has 2 N–H and O–H groups in total. The van der Waals surface area contributed by atoms with Crippen LogP contribution in [0.3, 0.4) is 0 Å². The standard InChI is InChI=1S/C16H27N3O/c1-13(2)11-15(20)12-18-14-6-9-19(10-7-14)16-5-3-4-8-17-16/h3-5,8,13-15,18,20H,6-7,9-12H2,1-2H3. The summed E-state index contributed by atoms with van der Waals surface area (Å²) in [6.45, 7) is 7.08. The summed E-state index contributed by atoms with van der Waals surface area (Å²) in [6.07, 6.45) is 4.74. The third-order valence-electron chi connectivity index (χ3n) is 3.85. The highest BCUT2D eigenvalue weighted by Gasteiger charge is 2.20. The topological polar surface area (TPSA) is 48.4 Å². The van der Waals surface area contributed by atoms with Crippen molar-refractivity contribution >= 4 is 5.82 Å². The number of hydrogen-bond acceptors (Lipinski definition) is 4. The number of aromatic nitrogens is 1. The van der Waals surface area contributed by atoms with E-state index in [0.717, 1.165) is 38.2 Å².